The number of nitro groups is 1. The van der Waals surface area contributed by atoms with Gasteiger partial charge in [0, 0.05) is 16.9 Å². The molecule has 0 heterocycles. The fourth-order valence-electron chi connectivity index (χ4n) is 1.49. The number of benzene rings is 1. The first kappa shape index (κ1) is 12.8. The van der Waals surface area contributed by atoms with E-state index in [1.807, 2.05) is 0 Å². The van der Waals surface area contributed by atoms with Crippen LogP contribution >= 0.6 is 0 Å². The highest BCUT2D eigenvalue weighted by Crippen LogP contribution is 2.14. The summed E-state index contributed by atoms with van der Waals surface area (Å²) in [5, 5.41) is 19.5. The molecule has 0 aliphatic rings. The van der Waals surface area contributed by atoms with E-state index in [1.165, 1.54) is 31.2 Å². The molecule has 1 rings (SSSR count). The van der Waals surface area contributed by atoms with Crippen molar-refractivity contribution in [1.82, 2.24) is 0 Å². The molecule has 0 spiro atoms. The fraction of sp³-hybridized carbons (Fsp3) is 0.273. The van der Waals surface area contributed by atoms with Crippen LogP contribution < -0.4 is 0 Å². The molecule has 90 valence electrons. The third-order valence-electron chi connectivity index (χ3n) is 2.37. The largest absolute Gasteiger partial charge is 0.478 e. The van der Waals surface area contributed by atoms with E-state index < -0.39 is 22.7 Å². The van der Waals surface area contributed by atoms with Crippen molar-refractivity contribution in [3.63, 3.8) is 0 Å². The van der Waals surface area contributed by atoms with E-state index in [1.54, 1.807) is 0 Å². The van der Waals surface area contributed by atoms with Gasteiger partial charge in [0.1, 0.15) is 0 Å². The topological polar surface area (TPSA) is 97.5 Å². The molecule has 6 nitrogen and oxygen atoms in total. The van der Waals surface area contributed by atoms with Gasteiger partial charge in [-0.2, -0.15) is 0 Å². The summed E-state index contributed by atoms with van der Waals surface area (Å²) in [6.07, 6.45) is 0.0276. The lowest BCUT2D eigenvalue weighted by atomic mass is 9.98. The van der Waals surface area contributed by atoms with Crippen molar-refractivity contribution in [2.75, 3.05) is 0 Å². The number of carbonyl (C=O) groups is 2. The Labute approximate surface area is 97.0 Å². The van der Waals surface area contributed by atoms with Crippen molar-refractivity contribution in [2.45, 2.75) is 19.4 Å². The van der Waals surface area contributed by atoms with Crippen LogP contribution in [0.15, 0.2) is 24.3 Å². The Morgan fingerprint density at radius 2 is 1.88 bits per heavy atom. The van der Waals surface area contributed by atoms with Crippen LogP contribution in [0.1, 0.15) is 34.1 Å². The monoisotopic (exact) mass is 237 g/mol. The standard InChI is InChI=1S/C11H11NO5/c1-2-9(12(16)17)10(13)7-5-3-4-6-8(7)11(14)15/h3-6,9H,2H2,1H3,(H,14,15). The van der Waals surface area contributed by atoms with E-state index in [0.29, 0.717) is 0 Å². The number of aromatic carboxylic acids is 1. The Hall–Kier alpha value is -2.24. The van der Waals surface area contributed by atoms with E-state index in [2.05, 4.69) is 0 Å². The first-order valence-corrected chi connectivity index (χ1v) is 4.99. The summed E-state index contributed by atoms with van der Waals surface area (Å²) in [4.78, 5) is 32.7. The average molecular weight is 237 g/mol. The minimum absolute atomic E-state index is 0.0276. The molecule has 0 saturated carbocycles. The van der Waals surface area contributed by atoms with Crippen molar-refractivity contribution in [1.29, 1.82) is 0 Å². The highest BCUT2D eigenvalue weighted by Gasteiger charge is 2.31. The van der Waals surface area contributed by atoms with Crippen LogP contribution in [0.4, 0.5) is 0 Å². The lowest BCUT2D eigenvalue weighted by molar-refractivity contribution is -0.505. The number of rotatable bonds is 5. The second kappa shape index (κ2) is 5.20. The Bertz CT molecular complexity index is 469. The van der Waals surface area contributed by atoms with Crippen molar-refractivity contribution in [2.24, 2.45) is 0 Å². The normalized spacial score (nSPS) is 11.8. The molecule has 0 aliphatic heterocycles. The van der Waals surface area contributed by atoms with Crippen molar-refractivity contribution >= 4 is 11.8 Å². The zero-order chi connectivity index (χ0) is 13.0. The number of carboxylic acid groups (broad SMARTS) is 1. The Morgan fingerprint density at radius 3 is 2.29 bits per heavy atom. The molecule has 1 unspecified atom stereocenters. The number of ketones is 1. The number of carboxylic acids is 1. The van der Waals surface area contributed by atoms with Gasteiger partial charge in [0.2, 0.25) is 5.78 Å². The molecule has 1 N–H and O–H groups in total. The summed E-state index contributed by atoms with van der Waals surface area (Å²) >= 11 is 0. The van der Waals surface area contributed by atoms with Crippen molar-refractivity contribution < 1.29 is 19.6 Å². The van der Waals surface area contributed by atoms with Crippen LogP contribution in [0.5, 0.6) is 0 Å². The fourth-order valence-corrected chi connectivity index (χ4v) is 1.49. The molecule has 1 atom stereocenters. The molecule has 1 aromatic carbocycles. The third-order valence-corrected chi connectivity index (χ3v) is 2.37. The molecule has 0 fully saturated rings. The van der Waals surface area contributed by atoms with Crippen LogP contribution in [0, 0.1) is 10.1 Å². The Balaban J connectivity index is 3.20. The molecule has 6 heteroatoms. The SMILES string of the molecule is CCC(C(=O)c1ccccc1C(=O)O)[N+](=O)[O-]. The van der Waals surface area contributed by atoms with Crippen LogP contribution in [-0.2, 0) is 0 Å². The van der Waals surface area contributed by atoms with Gasteiger partial charge in [0.15, 0.2) is 0 Å². The Kier molecular flexibility index (Phi) is 3.92. The average Bonchev–Trinajstić information content (AvgIpc) is 2.29. The maximum atomic E-state index is 11.8. The summed E-state index contributed by atoms with van der Waals surface area (Å²) in [5.74, 6) is -2.04. The molecule has 0 saturated heterocycles. The van der Waals surface area contributed by atoms with Gasteiger partial charge in [0.05, 0.1) is 5.56 Å². The van der Waals surface area contributed by atoms with Gasteiger partial charge in [-0.05, 0) is 6.07 Å². The zero-order valence-electron chi connectivity index (χ0n) is 9.12. The molecular formula is C11H11NO5. The molecule has 17 heavy (non-hydrogen) atoms. The van der Waals surface area contributed by atoms with Crippen molar-refractivity contribution in [3.05, 3.63) is 45.5 Å². The van der Waals surface area contributed by atoms with Gasteiger partial charge < -0.3 is 5.11 Å². The second-order valence-electron chi connectivity index (χ2n) is 3.42. The first-order chi connectivity index (χ1) is 7.99. The minimum atomic E-state index is -1.39. The number of hydrogen-bond acceptors (Lipinski definition) is 4. The van der Waals surface area contributed by atoms with E-state index in [4.69, 9.17) is 5.11 Å². The molecular weight excluding hydrogens is 226 g/mol. The smallest absolute Gasteiger partial charge is 0.336 e. The molecule has 0 bridgehead atoms. The summed E-state index contributed by atoms with van der Waals surface area (Å²) in [6.45, 7) is 1.51. The van der Waals surface area contributed by atoms with Crippen molar-refractivity contribution in [3.8, 4) is 0 Å². The number of carbonyl (C=O) groups excluding carboxylic acids is 1. The third kappa shape index (κ3) is 2.66. The van der Waals surface area contributed by atoms with Gasteiger partial charge in [0.25, 0.3) is 6.04 Å². The summed E-state index contributed by atoms with van der Waals surface area (Å²) in [5.41, 5.74) is -0.332. The minimum Gasteiger partial charge on any atom is -0.478 e. The van der Waals surface area contributed by atoms with Gasteiger partial charge in [-0.1, -0.05) is 25.1 Å². The van der Waals surface area contributed by atoms with Crippen LogP contribution in [0.3, 0.4) is 0 Å². The van der Waals surface area contributed by atoms with E-state index in [9.17, 15) is 19.7 Å². The van der Waals surface area contributed by atoms with Crippen LogP contribution in [0.25, 0.3) is 0 Å². The van der Waals surface area contributed by atoms with Gasteiger partial charge in [-0.3, -0.25) is 14.9 Å². The molecule has 0 radical (unpaired) electrons. The molecule has 0 aliphatic carbocycles. The maximum absolute atomic E-state index is 11.8. The number of hydrogen-bond donors (Lipinski definition) is 1. The van der Waals surface area contributed by atoms with Crippen LogP contribution in [-0.4, -0.2) is 27.8 Å². The van der Waals surface area contributed by atoms with E-state index in [-0.39, 0.29) is 17.5 Å². The second-order valence-corrected chi connectivity index (χ2v) is 3.42. The van der Waals surface area contributed by atoms with E-state index >= 15 is 0 Å². The lowest BCUT2D eigenvalue weighted by Crippen LogP contribution is -2.30. The predicted octanol–water partition coefficient (Wildman–Crippen LogP) is 1.62. The molecule has 0 aromatic heterocycles. The highest BCUT2D eigenvalue weighted by atomic mass is 16.6. The Morgan fingerprint density at radius 1 is 1.35 bits per heavy atom. The summed E-state index contributed by atoms with van der Waals surface area (Å²) < 4.78 is 0. The first-order valence-electron chi connectivity index (χ1n) is 4.99. The quantitative estimate of drug-likeness (QED) is 0.476. The van der Waals surface area contributed by atoms with Gasteiger partial charge in [-0.25, -0.2) is 4.79 Å². The van der Waals surface area contributed by atoms with E-state index in [0.717, 1.165) is 0 Å². The highest BCUT2D eigenvalue weighted by molar-refractivity contribution is 6.07. The zero-order valence-corrected chi connectivity index (χ0v) is 9.12. The summed E-state index contributed by atoms with van der Waals surface area (Å²) in [6, 6.07) is 4.09. The lowest BCUT2D eigenvalue weighted by Gasteiger charge is -2.08. The number of Topliss-reactive ketones (excluding diaryl/α,β-unsaturated/α-hetero) is 1. The summed E-state index contributed by atoms with van der Waals surface area (Å²) in [7, 11) is 0. The van der Waals surface area contributed by atoms with Gasteiger partial charge in [-0.15, -0.1) is 0 Å². The predicted molar refractivity (Wildman–Crippen MR) is 58.8 cm³/mol. The molecule has 0 amide bonds. The maximum Gasteiger partial charge on any atom is 0.336 e. The molecule has 1 aromatic rings. The van der Waals surface area contributed by atoms with Gasteiger partial charge >= 0.3 is 5.97 Å². The number of nitrogens with zero attached hydrogens (tertiary/aromatic N) is 1. The van der Waals surface area contributed by atoms with Crippen LogP contribution in [0.2, 0.25) is 0 Å².